The number of nitrogens with two attached hydrogens (primary N) is 1. The highest BCUT2D eigenvalue weighted by Gasteiger charge is 2.13. The van der Waals surface area contributed by atoms with Crippen LogP contribution in [0.3, 0.4) is 0 Å². The summed E-state index contributed by atoms with van der Waals surface area (Å²) in [6, 6.07) is 11.9. The van der Waals surface area contributed by atoms with Gasteiger partial charge in [-0.1, -0.05) is 61.7 Å². The Morgan fingerprint density at radius 3 is 2.57 bits per heavy atom. The van der Waals surface area contributed by atoms with Crippen LogP contribution in [0.15, 0.2) is 42.5 Å². The first-order valence-corrected chi connectivity index (χ1v) is 8.36. The van der Waals surface area contributed by atoms with Crippen molar-refractivity contribution in [1.29, 1.82) is 0 Å². The van der Waals surface area contributed by atoms with Crippen molar-refractivity contribution in [2.75, 3.05) is 12.8 Å². The lowest BCUT2D eigenvalue weighted by Gasteiger charge is -2.18. The van der Waals surface area contributed by atoms with Crippen molar-refractivity contribution in [3.05, 3.63) is 48.0 Å². The van der Waals surface area contributed by atoms with Gasteiger partial charge in [-0.2, -0.15) is 0 Å². The van der Waals surface area contributed by atoms with Crippen molar-refractivity contribution in [2.45, 2.75) is 32.1 Å². The number of hydrogen-bond donors (Lipinski definition) is 1. The van der Waals surface area contributed by atoms with Crippen molar-refractivity contribution in [1.82, 2.24) is 4.98 Å². The largest absolute Gasteiger partial charge is 0.481 e. The van der Waals surface area contributed by atoms with E-state index >= 15 is 0 Å². The van der Waals surface area contributed by atoms with Crippen LogP contribution < -0.4 is 10.5 Å². The monoisotopic (exact) mass is 308 g/mol. The van der Waals surface area contributed by atoms with E-state index in [0.717, 1.165) is 16.8 Å². The summed E-state index contributed by atoms with van der Waals surface area (Å²) >= 11 is 0. The minimum atomic E-state index is 0.630. The van der Waals surface area contributed by atoms with E-state index in [1.54, 1.807) is 7.11 Å². The van der Waals surface area contributed by atoms with Crippen molar-refractivity contribution in [3.63, 3.8) is 0 Å². The molecule has 1 aliphatic rings. The normalized spacial score (nSPS) is 15.9. The van der Waals surface area contributed by atoms with Crippen LogP contribution >= 0.6 is 0 Å². The average molecular weight is 308 g/mol. The molecule has 0 saturated heterocycles. The molecular formula is C20H24N2O. The van der Waals surface area contributed by atoms with E-state index in [0.29, 0.717) is 17.5 Å². The van der Waals surface area contributed by atoms with E-state index in [4.69, 9.17) is 10.5 Å². The van der Waals surface area contributed by atoms with E-state index in [2.05, 4.69) is 17.1 Å². The molecule has 2 aromatic rings. The second-order valence-electron chi connectivity index (χ2n) is 6.15. The zero-order valence-corrected chi connectivity index (χ0v) is 13.7. The first-order valence-electron chi connectivity index (χ1n) is 8.36. The van der Waals surface area contributed by atoms with Crippen molar-refractivity contribution in [2.24, 2.45) is 5.92 Å². The van der Waals surface area contributed by atoms with Crippen LogP contribution in [-0.4, -0.2) is 12.1 Å². The zero-order chi connectivity index (χ0) is 16.1. The van der Waals surface area contributed by atoms with Gasteiger partial charge in [0.2, 0.25) is 5.88 Å². The predicted octanol–water partition coefficient (Wildman–Crippen LogP) is 4.93. The molecule has 120 valence electrons. The molecule has 1 aromatic heterocycles. The van der Waals surface area contributed by atoms with Gasteiger partial charge in [0.1, 0.15) is 0 Å². The molecule has 3 heteroatoms. The van der Waals surface area contributed by atoms with Crippen LogP contribution in [0.4, 0.5) is 5.69 Å². The molecule has 2 N–H and O–H groups in total. The summed E-state index contributed by atoms with van der Waals surface area (Å²) in [4.78, 5) is 4.63. The predicted molar refractivity (Wildman–Crippen MR) is 96.2 cm³/mol. The molecule has 3 nitrogen and oxygen atoms in total. The van der Waals surface area contributed by atoms with Gasteiger partial charge >= 0.3 is 0 Å². The van der Waals surface area contributed by atoms with Crippen molar-refractivity contribution < 1.29 is 4.74 Å². The number of nitrogen functional groups attached to an aromatic ring is 1. The molecule has 0 atom stereocenters. The summed E-state index contributed by atoms with van der Waals surface area (Å²) in [5.74, 6) is 1.30. The first kappa shape index (κ1) is 15.6. The van der Waals surface area contributed by atoms with Crippen molar-refractivity contribution in [3.8, 4) is 17.1 Å². The molecule has 0 spiro atoms. The molecule has 23 heavy (non-hydrogen) atoms. The summed E-state index contributed by atoms with van der Waals surface area (Å²) in [5.41, 5.74) is 9.65. The van der Waals surface area contributed by atoms with E-state index in [-0.39, 0.29) is 0 Å². The first-order chi connectivity index (χ1) is 11.3. The Bertz CT molecular complexity index is 674. The number of methoxy groups -OCH3 is 1. The molecule has 1 fully saturated rings. The second-order valence-corrected chi connectivity index (χ2v) is 6.15. The topological polar surface area (TPSA) is 48.1 Å². The Morgan fingerprint density at radius 2 is 1.87 bits per heavy atom. The number of aromatic nitrogens is 1. The van der Waals surface area contributed by atoms with Crippen LogP contribution in [0.2, 0.25) is 0 Å². The van der Waals surface area contributed by atoms with Gasteiger partial charge in [0.05, 0.1) is 18.5 Å². The van der Waals surface area contributed by atoms with Gasteiger partial charge in [0.25, 0.3) is 0 Å². The number of ether oxygens (including phenoxy) is 1. The quantitative estimate of drug-likeness (QED) is 0.871. The molecule has 1 aromatic carbocycles. The van der Waals surface area contributed by atoms with Crippen molar-refractivity contribution >= 4 is 11.8 Å². The number of allylic oxidation sites excluding steroid dienone is 1. The van der Waals surface area contributed by atoms with Gasteiger partial charge in [-0.15, -0.1) is 0 Å². The maximum atomic E-state index is 6.23. The number of nitrogens with zero attached hydrogens (tertiary/aromatic N) is 1. The maximum Gasteiger partial charge on any atom is 0.221 e. The second kappa shape index (κ2) is 7.32. The minimum absolute atomic E-state index is 0.630. The Morgan fingerprint density at radius 1 is 1.13 bits per heavy atom. The van der Waals surface area contributed by atoms with Gasteiger partial charge < -0.3 is 10.5 Å². The van der Waals surface area contributed by atoms with Gasteiger partial charge in [-0.3, -0.25) is 0 Å². The number of pyridine rings is 1. The summed E-state index contributed by atoms with van der Waals surface area (Å²) in [5, 5.41) is 0. The molecule has 0 aliphatic heterocycles. The Kier molecular flexibility index (Phi) is 4.96. The summed E-state index contributed by atoms with van der Waals surface area (Å²) in [7, 11) is 1.66. The summed E-state index contributed by atoms with van der Waals surface area (Å²) < 4.78 is 5.48. The maximum absolute atomic E-state index is 6.23. The van der Waals surface area contributed by atoms with E-state index in [9.17, 15) is 0 Å². The Balaban J connectivity index is 1.89. The highest BCUT2D eigenvalue weighted by atomic mass is 16.5. The molecule has 1 aliphatic carbocycles. The zero-order valence-electron chi connectivity index (χ0n) is 13.7. The Labute approximate surface area is 138 Å². The lowest BCUT2D eigenvalue weighted by Crippen LogP contribution is -2.03. The van der Waals surface area contributed by atoms with E-state index in [1.807, 2.05) is 36.4 Å². The van der Waals surface area contributed by atoms with Gasteiger partial charge in [-0.05, 0) is 24.8 Å². The Hall–Kier alpha value is -2.29. The lowest BCUT2D eigenvalue weighted by atomic mass is 9.89. The highest BCUT2D eigenvalue weighted by molar-refractivity contribution is 5.76. The van der Waals surface area contributed by atoms with Crippen LogP contribution in [0.25, 0.3) is 17.3 Å². The standard InChI is InChI=1S/C20H24N2O/c1-23-20-17(13-12-15-8-4-2-5-9-15)14-18(21)19(22-20)16-10-6-3-7-11-16/h3,6-7,10-15H,2,4-5,8-9,21H2,1H3/b13-12+. The van der Waals surface area contributed by atoms with E-state index < -0.39 is 0 Å². The van der Waals surface area contributed by atoms with Gasteiger partial charge in [0, 0.05) is 11.1 Å². The number of benzene rings is 1. The molecule has 3 rings (SSSR count). The van der Waals surface area contributed by atoms with Gasteiger partial charge in [0.15, 0.2) is 0 Å². The molecule has 0 unspecified atom stereocenters. The third kappa shape index (κ3) is 3.73. The smallest absolute Gasteiger partial charge is 0.221 e. The lowest BCUT2D eigenvalue weighted by molar-refractivity contribution is 0.397. The third-order valence-corrected chi connectivity index (χ3v) is 4.48. The number of hydrogen-bond acceptors (Lipinski definition) is 3. The molecular weight excluding hydrogens is 284 g/mol. The van der Waals surface area contributed by atoms with Crippen LogP contribution in [0, 0.1) is 5.92 Å². The van der Waals surface area contributed by atoms with Crippen LogP contribution in [0.1, 0.15) is 37.7 Å². The molecule has 0 bridgehead atoms. The average Bonchev–Trinajstić information content (AvgIpc) is 2.61. The number of rotatable bonds is 4. The minimum Gasteiger partial charge on any atom is -0.481 e. The molecule has 0 radical (unpaired) electrons. The molecule has 1 heterocycles. The summed E-state index contributed by atoms with van der Waals surface area (Å²) in [6.45, 7) is 0. The third-order valence-electron chi connectivity index (χ3n) is 4.48. The fourth-order valence-electron chi connectivity index (χ4n) is 3.20. The van der Waals surface area contributed by atoms with E-state index in [1.165, 1.54) is 32.1 Å². The SMILES string of the molecule is COc1nc(-c2ccccc2)c(N)cc1/C=C/C1CCCCC1. The highest BCUT2D eigenvalue weighted by Crippen LogP contribution is 2.31. The summed E-state index contributed by atoms with van der Waals surface area (Å²) in [6.07, 6.45) is 11.0. The fraction of sp³-hybridized carbons (Fsp3) is 0.350. The van der Waals surface area contributed by atoms with Crippen LogP contribution in [-0.2, 0) is 0 Å². The molecule has 0 amide bonds. The van der Waals surface area contributed by atoms with Gasteiger partial charge in [-0.25, -0.2) is 4.98 Å². The fourth-order valence-corrected chi connectivity index (χ4v) is 3.20. The van der Waals surface area contributed by atoms with Crippen LogP contribution in [0.5, 0.6) is 5.88 Å². The molecule has 1 saturated carbocycles. The number of anilines is 1.